The lowest BCUT2D eigenvalue weighted by atomic mass is 9.96. The first-order chi connectivity index (χ1) is 11.5. The van der Waals surface area contributed by atoms with Gasteiger partial charge in [-0.3, -0.25) is 9.80 Å². The van der Waals surface area contributed by atoms with Gasteiger partial charge in [-0.1, -0.05) is 6.92 Å². The summed E-state index contributed by atoms with van der Waals surface area (Å²) in [5, 5.41) is 0. The molecule has 0 aromatic heterocycles. The van der Waals surface area contributed by atoms with Crippen LogP contribution in [-0.4, -0.2) is 62.8 Å². The van der Waals surface area contributed by atoms with E-state index in [1.165, 1.54) is 37.1 Å². The molecule has 1 aromatic rings. The number of nitrogens with zero attached hydrogens (tertiary/aromatic N) is 3. The Bertz CT molecular complexity index is 567. The van der Waals surface area contributed by atoms with Crippen molar-refractivity contribution < 1.29 is 4.74 Å². The molecule has 3 rings (SSSR count). The Labute approximate surface area is 146 Å². The summed E-state index contributed by atoms with van der Waals surface area (Å²) in [6.45, 7) is 5.67. The smallest absolute Gasteiger partial charge is 0.143 e. The fourth-order valence-electron chi connectivity index (χ4n) is 4.20. The van der Waals surface area contributed by atoms with Gasteiger partial charge in [0, 0.05) is 37.4 Å². The monoisotopic (exact) mass is 332 g/mol. The Morgan fingerprint density at radius 3 is 2.38 bits per heavy atom. The minimum absolute atomic E-state index is 0.643. The van der Waals surface area contributed by atoms with E-state index in [-0.39, 0.29) is 0 Å². The zero-order chi connectivity index (χ0) is 17.3. The SMILES string of the molecule is CCc1cc(N)c(OC)cc1N1CCC(N2CCC2N(C)C)CC1. The van der Waals surface area contributed by atoms with Crippen LogP contribution in [0.2, 0.25) is 0 Å². The Hall–Kier alpha value is -1.46. The highest BCUT2D eigenvalue weighted by atomic mass is 16.5. The van der Waals surface area contributed by atoms with Crippen LogP contribution in [0.5, 0.6) is 5.75 Å². The summed E-state index contributed by atoms with van der Waals surface area (Å²) in [7, 11) is 6.08. The molecule has 5 nitrogen and oxygen atoms in total. The zero-order valence-corrected chi connectivity index (χ0v) is 15.6. The van der Waals surface area contributed by atoms with Gasteiger partial charge in [-0.2, -0.15) is 0 Å². The number of nitrogens with two attached hydrogens (primary N) is 1. The standard InChI is InChI=1S/C19H32N4O/c1-5-14-12-16(20)18(24-4)13-17(14)22-9-6-15(7-10-22)23-11-8-19(23)21(2)3/h12-13,15,19H,5-11,20H2,1-4H3. The van der Waals surface area contributed by atoms with E-state index in [0.29, 0.717) is 6.17 Å². The van der Waals surface area contributed by atoms with Crippen LogP contribution in [0.3, 0.4) is 0 Å². The molecule has 0 spiro atoms. The lowest BCUT2D eigenvalue weighted by molar-refractivity contribution is -0.0468. The fraction of sp³-hybridized carbons (Fsp3) is 0.684. The predicted molar refractivity (Wildman–Crippen MR) is 101 cm³/mol. The molecule has 1 atom stereocenters. The van der Waals surface area contributed by atoms with Crippen molar-refractivity contribution in [3.05, 3.63) is 17.7 Å². The van der Waals surface area contributed by atoms with E-state index >= 15 is 0 Å². The Morgan fingerprint density at radius 1 is 1.17 bits per heavy atom. The molecule has 0 saturated carbocycles. The number of ether oxygens (including phenoxy) is 1. The van der Waals surface area contributed by atoms with Crippen LogP contribution in [0, 0.1) is 0 Å². The van der Waals surface area contributed by atoms with E-state index in [4.69, 9.17) is 10.5 Å². The highest BCUT2D eigenvalue weighted by molar-refractivity contribution is 5.67. The van der Waals surface area contributed by atoms with Crippen molar-refractivity contribution in [2.75, 3.05) is 51.5 Å². The van der Waals surface area contributed by atoms with Crippen LogP contribution in [0.4, 0.5) is 11.4 Å². The molecule has 0 aliphatic carbocycles. The quantitative estimate of drug-likeness (QED) is 0.839. The van der Waals surface area contributed by atoms with Crippen LogP contribution in [0.1, 0.15) is 31.7 Å². The summed E-state index contributed by atoms with van der Waals surface area (Å²) >= 11 is 0. The Kier molecular flexibility index (Phi) is 5.21. The first-order valence-corrected chi connectivity index (χ1v) is 9.18. The molecule has 1 unspecified atom stereocenters. The van der Waals surface area contributed by atoms with Gasteiger partial charge in [-0.25, -0.2) is 0 Å². The minimum Gasteiger partial charge on any atom is -0.495 e. The third kappa shape index (κ3) is 3.20. The van der Waals surface area contributed by atoms with E-state index < -0.39 is 0 Å². The minimum atomic E-state index is 0.643. The molecule has 0 radical (unpaired) electrons. The topological polar surface area (TPSA) is 45.0 Å². The molecule has 0 bridgehead atoms. The van der Waals surface area contributed by atoms with Gasteiger partial charge in [0.25, 0.3) is 0 Å². The summed E-state index contributed by atoms with van der Waals surface area (Å²) < 4.78 is 5.44. The molecule has 2 aliphatic heterocycles. The molecular weight excluding hydrogens is 300 g/mol. The van der Waals surface area contributed by atoms with Crippen LogP contribution >= 0.6 is 0 Å². The van der Waals surface area contributed by atoms with E-state index in [1.807, 2.05) is 0 Å². The molecule has 24 heavy (non-hydrogen) atoms. The predicted octanol–water partition coefficient (Wildman–Crippen LogP) is 2.40. The van der Waals surface area contributed by atoms with Crippen molar-refractivity contribution in [3.8, 4) is 5.75 Å². The third-order valence-corrected chi connectivity index (χ3v) is 5.71. The number of hydrogen-bond donors (Lipinski definition) is 1. The number of likely N-dealkylation sites (tertiary alicyclic amines) is 1. The number of aryl methyl sites for hydroxylation is 1. The number of nitrogen functional groups attached to an aromatic ring is 1. The number of piperidine rings is 1. The van der Waals surface area contributed by atoms with E-state index in [0.717, 1.165) is 37.0 Å². The summed E-state index contributed by atoms with van der Waals surface area (Å²) in [6.07, 6.45) is 5.42. The normalized spacial score (nSPS) is 22.7. The van der Waals surface area contributed by atoms with Crippen molar-refractivity contribution >= 4 is 11.4 Å². The second-order valence-corrected chi connectivity index (χ2v) is 7.27. The highest BCUT2D eigenvalue weighted by Gasteiger charge is 2.36. The molecular formula is C19H32N4O. The van der Waals surface area contributed by atoms with Gasteiger partial charge >= 0.3 is 0 Å². The molecule has 1 aromatic carbocycles. The summed E-state index contributed by atoms with van der Waals surface area (Å²) in [4.78, 5) is 7.55. The molecule has 0 amide bonds. The van der Waals surface area contributed by atoms with E-state index in [9.17, 15) is 0 Å². The van der Waals surface area contributed by atoms with Crippen molar-refractivity contribution in [2.24, 2.45) is 0 Å². The number of anilines is 2. The second-order valence-electron chi connectivity index (χ2n) is 7.27. The Balaban J connectivity index is 1.68. The molecule has 5 heteroatoms. The van der Waals surface area contributed by atoms with Gasteiger partial charge in [-0.15, -0.1) is 0 Å². The van der Waals surface area contributed by atoms with Crippen LogP contribution in [0.15, 0.2) is 12.1 Å². The zero-order valence-electron chi connectivity index (χ0n) is 15.6. The number of benzene rings is 1. The van der Waals surface area contributed by atoms with Gasteiger partial charge in [-0.05, 0) is 51.4 Å². The summed E-state index contributed by atoms with van der Waals surface area (Å²) in [5.41, 5.74) is 9.44. The number of methoxy groups -OCH3 is 1. The van der Waals surface area contributed by atoms with Gasteiger partial charge in [0.05, 0.1) is 19.0 Å². The highest BCUT2D eigenvalue weighted by Crippen LogP contribution is 2.35. The molecule has 2 heterocycles. The summed E-state index contributed by atoms with van der Waals surface area (Å²) in [6, 6.07) is 4.93. The molecule has 2 N–H and O–H groups in total. The van der Waals surface area contributed by atoms with Gasteiger partial charge < -0.3 is 15.4 Å². The van der Waals surface area contributed by atoms with Gasteiger partial charge in [0.2, 0.25) is 0 Å². The summed E-state index contributed by atoms with van der Waals surface area (Å²) in [5.74, 6) is 0.791. The number of hydrogen-bond acceptors (Lipinski definition) is 5. The van der Waals surface area contributed by atoms with Crippen molar-refractivity contribution in [3.63, 3.8) is 0 Å². The van der Waals surface area contributed by atoms with Crippen molar-refractivity contribution in [1.82, 2.24) is 9.80 Å². The lowest BCUT2D eigenvalue weighted by Crippen LogP contribution is -2.61. The molecule has 2 saturated heterocycles. The van der Waals surface area contributed by atoms with Crippen LogP contribution in [-0.2, 0) is 6.42 Å². The maximum absolute atomic E-state index is 6.08. The molecule has 2 aliphatic rings. The van der Waals surface area contributed by atoms with E-state index in [2.05, 4.69) is 47.9 Å². The average molecular weight is 332 g/mol. The molecule has 134 valence electrons. The second kappa shape index (κ2) is 7.19. The maximum atomic E-state index is 6.08. The third-order valence-electron chi connectivity index (χ3n) is 5.71. The van der Waals surface area contributed by atoms with Crippen molar-refractivity contribution in [1.29, 1.82) is 0 Å². The fourth-order valence-corrected chi connectivity index (χ4v) is 4.20. The average Bonchev–Trinajstić information content (AvgIpc) is 2.53. The Morgan fingerprint density at radius 2 is 1.88 bits per heavy atom. The van der Waals surface area contributed by atoms with Crippen LogP contribution < -0.4 is 15.4 Å². The van der Waals surface area contributed by atoms with Crippen molar-refractivity contribution in [2.45, 2.75) is 44.8 Å². The van der Waals surface area contributed by atoms with Gasteiger partial charge in [0.1, 0.15) is 5.75 Å². The largest absolute Gasteiger partial charge is 0.495 e. The number of rotatable bonds is 5. The van der Waals surface area contributed by atoms with Crippen LogP contribution in [0.25, 0.3) is 0 Å². The first-order valence-electron chi connectivity index (χ1n) is 9.18. The first kappa shape index (κ1) is 17.4. The lowest BCUT2D eigenvalue weighted by Gasteiger charge is -2.51. The van der Waals surface area contributed by atoms with E-state index in [1.54, 1.807) is 7.11 Å². The van der Waals surface area contributed by atoms with Gasteiger partial charge in [0.15, 0.2) is 0 Å². The molecule has 2 fully saturated rings. The maximum Gasteiger partial charge on any atom is 0.143 e.